The van der Waals surface area contributed by atoms with Gasteiger partial charge in [-0.25, -0.2) is 14.4 Å². The van der Waals surface area contributed by atoms with E-state index in [-0.39, 0.29) is 29.0 Å². The van der Waals surface area contributed by atoms with Crippen molar-refractivity contribution in [2.75, 3.05) is 18.0 Å². The van der Waals surface area contributed by atoms with E-state index in [4.69, 9.17) is 16.1 Å². The van der Waals surface area contributed by atoms with Crippen LogP contribution in [0.1, 0.15) is 17.6 Å². The molecule has 2 fully saturated rings. The molecule has 1 saturated heterocycles. The van der Waals surface area contributed by atoms with Crippen molar-refractivity contribution >= 4 is 28.3 Å². The summed E-state index contributed by atoms with van der Waals surface area (Å²) in [7, 11) is 0. The van der Waals surface area contributed by atoms with Crippen LogP contribution in [0.2, 0.25) is 5.15 Å². The van der Waals surface area contributed by atoms with Gasteiger partial charge >= 0.3 is 0 Å². The summed E-state index contributed by atoms with van der Waals surface area (Å²) in [5.74, 6) is 1.88. The van der Waals surface area contributed by atoms with E-state index in [2.05, 4.69) is 25.0 Å². The predicted octanol–water partition coefficient (Wildman–Crippen LogP) is 2.87. The van der Waals surface area contributed by atoms with Crippen LogP contribution in [-0.2, 0) is 6.54 Å². The molecule has 0 bridgehead atoms. The lowest BCUT2D eigenvalue weighted by Gasteiger charge is -2.21. The fourth-order valence-corrected chi connectivity index (χ4v) is 4.68. The highest BCUT2D eigenvalue weighted by Crippen LogP contribution is 2.57. The van der Waals surface area contributed by atoms with Crippen molar-refractivity contribution in [3.8, 4) is 0 Å². The van der Waals surface area contributed by atoms with Crippen LogP contribution < -0.4 is 10.5 Å². The Labute approximate surface area is 180 Å². The van der Waals surface area contributed by atoms with Gasteiger partial charge in [0.15, 0.2) is 11.5 Å². The van der Waals surface area contributed by atoms with E-state index >= 15 is 0 Å². The van der Waals surface area contributed by atoms with Crippen LogP contribution in [0, 0.1) is 17.7 Å². The molecule has 6 rings (SSSR count). The lowest BCUT2D eigenvalue weighted by atomic mass is 10.2. The average molecular weight is 439 g/mol. The molecular weight excluding hydrogens is 423 g/mol. The molecule has 0 amide bonds. The van der Waals surface area contributed by atoms with Crippen LogP contribution in [0.4, 0.5) is 10.1 Å². The molecule has 0 radical (unpaired) electrons. The van der Waals surface area contributed by atoms with Gasteiger partial charge in [0, 0.05) is 24.7 Å². The third-order valence-electron chi connectivity index (χ3n) is 6.11. The van der Waals surface area contributed by atoms with E-state index in [0.717, 1.165) is 18.8 Å². The lowest BCUT2D eigenvalue weighted by Crippen LogP contribution is -2.23. The van der Waals surface area contributed by atoms with Gasteiger partial charge in [0.2, 0.25) is 5.89 Å². The minimum Gasteiger partial charge on any atom is -0.371 e. The third kappa shape index (κ3) is 3.16. The zero-order chi connectivity index (χ0) is 21.1. The van der Waals surface area contributed by atoms with Gasteiger partial charge in [-0.05, 0) is 42.2 Å². The van der Waals surface area contributed by atoms with Crippen molar-refractivity contribution in [3.05, 3.63) is 75.8 Å². The molecule has 1 aliphatic heterocycles. The minimum atomic E-state index is -0.247. The number of hydrogen-bond acceptors (Lipinski definition) is 7. The molecular formula is C21H16ClFN6O2. The molecule has 0 spiro atoms. The summed E-state index contributed by atoms with van der Waals surface area (Å²) in [6, 6.07) is 9.82. The molecule has 1 aliphatic carbocycles. The number of fused-ring (bicyclic) bond motifs is 2. The molecule has 1 saturated carbocycles. The summed E-state index contributed by atoms with van der Waals surface area (Å²) in [6.45, 7) is 1.81. The molecule has 4 heterocycles. The zero-order valence-corrected chi connectivity index (χ0v) is 16.9. The number of piperidine rings is 1. The van der Waals surface area contributed by atoms with Crippen LogP contribution >= 0.6 is 11.6 Å². The van der Waals surface area contributed by atoms with Crippen LogP contribution in [-0.4, -0.2) is 37.8 Å². The average Bonchev–Trinajstić information content (AvgIpc) is 3.08. The Morgan fingerprint density at radius 1 is 1.16 bits per heavy atom. The smallest absolute Gasteiger partial charge is 0.263 e. The van der Waals surface area contributed by atoms with E-state index < -0.39 is 0 Å². The fourth-order valence-electron chi connectivity index (χ4n) is 4.54. The SMILES string of the molecule is O=c1c2ccc(Cl)nc2ncn1Cc1nc([C@H]2[C@@H]3CN(c4cccc(F)c4)C[C@@H]32)no1. The molecule has 3 aromatic heterocycles. The molecule has 8 nitrogen and oxygen atoms in total. The Morgan fingerprint density at radius 2 is 2.00 bits per heavy atom. The summed E-state index contributed by atoms with van der Waals surface area (Å²) in [5.41, 5.74) is 0.954. The molecule has 2 aliphatic rings. The van der Waals surface area contributed by atoms with E-state index in [0.29, 0.717) is 34.6 Å². The van der Waals surface area contributed by atoms with Crippen LogP contribution in [0.25, 0.3) is 11.0 Å². The summed E-state index contributed by atoms with van der Waals surface area (Å²) in [5, 5.41) is 4.80. The highest BCUT2D eigenvalue weighted by molar-refractivity contribution is 6.29. The van der Waals surface area contributed by atoms with Gasteiger partial charge in [0.25, 0.3) is 5.56 Å². The van der Waals surface area contributed by atoms with Crippen molar-refractivity contribution in [2.24, 2.45) is 11.8 Å². The summed E-state index contributed by atoms with van der Waals surface area (Å²) >= 11 is 5.86. The highest BCUT2D eigenvalue weighted by Gasteiger charge is 2.58. The van der Waals surface area contributed by atoms with Crippen molar-refractivity contribution in [2.45, 2.75) is 12.5 Å². The quantitative estimate of drug-likeness (QED) is 0.452. The second-order valence-corrected chi connectivity index (χ2v) is 8.35. The number of benzene rings is 1. The normalized spacial score (nSPS) is 22.1. The maximum atomic E-state index is 13.5. The number of aromatic nitrogens is 5. The third-order valence-corrected chi connectivity index (χ3v) is 6.32. The molecule has 0 N–H and O–H groups in total. The Morgan fingerprint density at radius 3 is 2.81 bits per heavy atom. The summed E-state index contributed by atoms with van der Waals surface area (Å²) < 4.78 is 20.3. The van der Waals surface area contributed by atoms with Crippen molar-refractivity contribution < 1.29 is 8.91 Å². The molecule has 31 heavy (non-hydrogen) atoms. The van der Waals surface area contributed by atoms with Crippen molar-refractivity contribution in [1.29, 1.82) is 0 Å². The maximum absolute atomic E-state index is 13.5. The first kappa shape index (κ1) is 18.4. The first-order valence-corrected chi connectivity index (χ1v) is 10.3. The highest BCUT2D eigenvalue weighted by atomic mass is 35.5. The second kappa shape index (κ2) is 6.84. The predicted molar refractivity (Wildman–Crippen MR) is 111 cm³/mol. The van der Waals surface area contributed by atoms with E-state index in [9.17, 15) is 9.18 Å². The largest absolute Gasteiger partial charge is 0.371 e. The van der Waals surface area contributed by atoms with E-state index in [1.54, 1.807) is 24.3 Å². The standard InChI is InChI=1S/C21H16ClFN6O2/c22-16-5-4-13-19(25-16)24-10-29(21(13)30)9-17-26-20(27-31-17)18-14-7-28(8-15(14)18)12-3-1-2-11(23)6-12/h1-6,10,14-15,18H,7-9H2/t14-,15+,18+. The van der Waals surface area contributed by atoms with Gasteiger partial charge in [-0.2, -0.15) is 4.98 Å². The number of halogens is 2. The van der Waals surface area contributed by atoms with Gasteiger partial charge in [-0.1, -0.05) is 22.8 Å². The lowest BCUT2D eigenvalue weighted by molar-refractivity contribution is 0.363. The van der Waals surface area contributed by atoms with Gasteiger partial charge < -0.3 is 9.42 Å². The first-order chi connectivity index (χ1) is 15.1. The molecule has 4 aromatic rings. The number of nitrogens with zero attached hydrogens (tertiary/aromatic N) is 6. The summed E-state index contributed by atoms with van der Waals surface area (Å²) in [4.78, 5) is 27.6. The molecule has 3 atom stereocenters. The van der Waals surface area contributed by atoms with Gasteiger partial charge in [0.05, 0.1) is 5.39 Å². The van der Waals surface area contributed by atoms with Gasteiger partial charge in [-0.15, -0.1) is 0 Å². The molecule has 156 valence electrons. The Kier molecular flexibility index (Phi) is 4.07. The summed E-state index contributed by atoms with van der Waals surface area (Å²) in [6.07, 6.45) is 1.40. The van der Waals surface area contributed by atoms with Crippen LogP contribution in [0.3, 0.4) is 0 Å². The Balaban J connectivity index is 1.16. The number of pyridine rings is 1. The Bertz CT molecular complexity index is 1360. The van der Waals surface area contributed by atoms with Crippen molar-refractivity contribution in [1.82, 2.24) is 24.7 Å². The van der Waals surface area contributed by atoms with Crippen molar-refractivity contribution in [3.63, 3.8) is 0 Å². The Hall–Kier alpha value is -3.33. The van der Waals surface area contributed by atoms with Crippen LogP contribution in [0.5, 0.6) is 0 Å². The number of anilines is 1. The minimum absolute atomic E-state index is 0.134. The molecule has 10 heteroatoms. The van der Waals surface area contributed by atoms with Gasteiger partial charge in [0.1, 0.15) is 23.8 Å². The van der Waals surface area contributed by atoms with Crippen LogP contribution in [0.15, 0.2) is 52.0 Å². The first-order valence-electron chi connectivity index (χ1n) is 9.91. The maximum Gasteiger partial charge on any atom is 0.263 e. The monoisotopic (exact) mass is 438 g/mol. The fraction of sp³-hybridized carbons (Fsp3) is 0.286. The molecule has 0 unspecified atom stereocenters. The topological polar surface area (TPSA) is 89.9 Å². The van der Waals surface area contributed by atoms with Gasteiger partial charge in [-0.3, -0.25) is 9.36 Å². The number of rotatable bonds is 4. The van der Waals surface area contributed by atoms with E-state index in [1.807, 2.05) is 6.07 Å². The van der Waals surface area contributed by atoms with E-state index in [1.165, 1.54) is 17.0 Å². The number of hydrogen-bond donors (Lipinski definition) is 0. The second-order valence-electron chi connectivity index (χ2n) is 7.97. The zero-order valence-electron chi connectivity index (χ0n) is 16.2. The molecule has 1 aromatic carbocycles.